The lowest BCUT2D eigenvalue weighted by atomic mass is 10.0. The summed E-state index contributed by atoms with van der Waals surface area (Å²) in [6, 6.07) is 0. The smallest absolute Gasteiger partial charge is 0.323 e. The Morgan fingerprint density at radius 3 is 2.47 bits per heavy atom. The van der Waals surface area contributed by atoms with Crippen molar-refractivity contribution in [2.24, 2.45) is 5.84 Å². The summed E-state index contributed by atoms with van der Waals surface area (Å²) in [6.07, 6.45) is 3.27. The van der Waals surface area contributed by atoms with Crippen molar-refractivity contribution in [3.63, 3.8) is 0 Å². The minimum Gasteiger partial charge on any atom is -0.388 e. The zero-order valence-electron chi connectivity index (χ0n) is 8.82. The van der Waals surface area contributed by atoms with E-state index in [1.54, 1.807) is 5.43 Å². The standard InChI is InChI=1S/C9H17N3O3/c1-12(8(14)7(13)11-10)6-9(15)4-2-3-5-9/h15H,2-6,10H2,1H3,(H,11,13). The van der Waals surface area contributed by atoms with Crippen molar-refractivity contribution in [2.45, 2.75) is 31.3 Å². The van der Waals surface area contributed by atoms with Crippen molar-refractivity contribution in [2.75, 3.05) is 13.6 Å². The molecule has 0 spiro atoms. The van der Waals surface area contributed by atoms with Gasteiger partial charge in [0.25, 0.3) is 0 Å². The maximum Gasteiger partial charge on any atom is 0.323 e. The Balaban J connectivity index is 2.51. The fraction of sp³-hybridized carbons (Fsp3) is 0.778. The van der Waals surface area contributed by atoms with Gasteiger partial charge in [0.05, 0.1) is 5.60 Å². The van der Waals surface area contributed by atoms with Gasteiger partial charge in [-0.15, -0.1) is 0 Å². The van der Waals surface area contributed by atoms with Crippen molar-refractivity contribution in [1.29, 1.82) is 0 Å². The highest BCUT2D eigenvalue weighted by molar-refractivity contribution is 6.34. The maximum atomic E-state index is 11.3. The van der Waals surface area contributed by atoms with Gasteiger partial charge >= 0.3 is 11.8 Å². The largest absolute Gasteiger partial charge is 0.388 e. The van der Waals surface area contributed by atoms with Crippen molar-refractivity contribution >= 4 is 11.8 Å². The first-order valence-corrected chi connectivity index (χ1v) is 4.97. The molecule has 0 aromatic rings. The summed E-state index contributed by atoms with van der Waals surface area (Å²) in [5.41, 5.74) is 0.937. The molecule has 0 aliphatic heterocycles. The Morgan fingerprint density at radius 2 is 2.00 bits per heavy atom. The van der Waals surface area contributed by atoms with Crippen LogP contribution in [0.1, 0.15) is 25.7 Å². The summed E-state index contributed by atoms with van der Waals surface area (Å²) in [4.78, 5) is 23.5. The molecular formula is C9H17N3O3. The fourth-order valence-corrected chi connectivity index (χ4v) is 1.94. The van der Waals surface area contributed by atoms with E-state index in [0.29, 0.717) is 12.8 Å². The number of hydrogen-bond donors (Lipinski definition) is 3. The average molecular weight is 215 g/mol. The number of likely N-dealkylation sites (N-methyl/N-ethyl adjacent to an activating group) is 1. The third-order valence-electron chi connectivity index (χ3n) is 2.74. The zero-order valence-corrected chi connectivity index (χ0v) is 8.82. The van der Waals surface area contributed by atoms with Gasteiger partial charge in [-0.25, -0.2) is 5.84 Å². The molecule has 0 unspecified atom stereocenters. The molecular weight excluding hydrogens is 198 g/mol. The Bertz CT molecular complexity index is 261. The Kier molecular flexibility index (Phi) is 3.65. The topological polar surface area (TPSA) is 95.7 Å². The van der Waals surface area contributed by atoms with Crippen LogP contribution in [0.4, 0.5) is 0 Å². The summed E-state index contributed by atoms with van der Waals surface area (Å²) in [5, 5.41) is 10.0. The van der Waals surface area contributed by atoms with Crippen LogP contribution in [-0.4, -0.2) is 41.0 Å². The first kappa shape index (κ1) is 11.9. The Morgan fingerprint density at radius 1 is 1.47 bits per heavy atom. The molecule has 6 nitrogen and oxygen atoms in total. The van der Waals surface area contributed by atoms with Crippen molar-refractivity contribution in [3.8, 4) is 0 Å². The minimum atomic E-state index is -0.862. The minimum absolute atomic E-state index is 0.180. The number of carbonyl (C=O) groups is 2. The normalized spacial score (nSPS) is 18.6. The second kappa shape index (κ2) is 4.59. The maximum absolute atomic E-state index is 11.3. The van der Waals surface area contributed by atoms with Gasteiger partial charge in [0, 0.05) is 13.6 Å². The molecule has 0 radical (unpaired) electrons. The molecule has 1 aliphatic carbocycles. The highest BCUT2D eigenvalue weighted by Gasteiger charge is 2.34. The molecule has 6 heteroatoms. The quantitative estimate of drug-likeness (QED) is 0.232. The van der Waals surface area contributed by atoms with Crippen LogP contribution in [-0.2, 0) is 9.59 Å². The Hall–Kier alpha value is -1.14. The molecule has 0 bridgehead atoms. The van der Waals surface area contributed by atoms with Gasteiger partial charge in [0.2, 0.25) is 0 Å². The van der Waals surface area contributed by atoms with Gasteiger partial charge in [0.1, 0.15) is 0 Å². The van der Waals surface area contributed by atoms with Gasteiger partial charge in [-0.2, -0.15) is 0 Å². The predicted octanol–water partition coefficient (Wildman–Crippen LogP) is -1.26. The van der Waals surface area contributed by atoms with E-state index in [9.17, 15) is 14.7 Å². The summed E-state index contributed by atoms with van der Waals surface area (Å²) in [6.45, 7) is 0.180. The summed E-state index contributed by atoms with van der Waals surface area (Å²) in [5.74, 6) is 3.26. The number of hydrogen-bond acceptors (Lipinski definition) is 4. The number of nitrogens with zero attached hydrogens (tertiary/aromatic N) is 1. The average Bonchev–Trinajstić information content (AvgIpc) is 2.62. The number of amides is 2. The number of aliphatic hydroxyl groups is 1. The molecule has 1 aliphatic rings. The lowest BCUT2D eigenvalue weighted by molar-refractivity contribution is -0.146. The monoisotopic (exact) mass is 215 g/mol. The third-order valence-corrected chi connectivity index (χ3v) is 2.74. The molecule has 0 heterocycles. The highest BCUT2D eigenvalue weighted by Crippen LogP contribution is 2.29. The van der Waals surface area contributed by atoms with Crippen molar-refractivity contribution in [1.82, 2.24) is 10.3 Å². The fourth-order valence-electron chi connectivity index (χ4n) is 1.94. The van der Waals surface area contributed by atoms with Crippen LogP contribution >= 0.6 is 0 Å². The molecule has 1 rings (SSSR count). The molecule has 1 saturated carbocycles. The first-order valence-electron chi connectivity index (χ1n) is 4.97. The third kappa shape index (κ3) is 2.90. The van der Waals surface area contributed by atoms with E-state index in [2.05, 4.69) is 0 Å². The number of rotatable bonds is 2. The molecule has 15 heavy (non-hydrogen) atoms. The van der Waals surface area contributed by atoms with Crippen LogP contribution < -0.4 is 11.3 Å². The van der Waals surface area contributed by atoms with Gasteiger partial charge in [-0.05, 0) is 12.8 Å². The molecule has 1 fully saturated rings. The van der Waals surface area contributed by atoms with E-state index in [1.807, 2.05) is 0 Å². The molecule has 0 aromatic heterocycles. The van der Waals surface area contributed by atoms with Crippen molar-refractivity contribution < 1.29 is 14.7 Å². The van der Waals surface area contributed by atoms with Crippen LogP contribution in [0.5, 0.6) is 0 Å². The van der Waals surface area contributed by atoms with E-state index < -0.39 is 17.4 Å². The summed E-state index contributed by atoms with van der Waals surface area (Å²) in [7, 11) is 1.48. The highest BCUT2D eigenvalue weighted by atomic mass is 16.3. The number of hydrazine groups is 1. The van der Waals surface area contributed by atoms with Gasteiger partial charge in [0.15, 0.2) is 0 Å². The van der Waals surface area contributed by atoms with Crippen LogP contribution in [0.25, 0.3) is 0 Å². The van der Waals surface area contributed by atoms with Crippen LogP contribution in [0.2, 0.25) is 0 Å². The summed E-state index contributed by atoms with van der Waals surface area (Å²) < 4.78 is 0. The molecule has 86 valence electrons. The van der Waals surface area contributed by atoms with Crippen LogP contribution in [0, 0.1) is 0 Å². The lowest BCUT2D eigenvalue weighted by Crippen LogP contribution is -2.49. The number of nitrogens with one attached hydrogen (secondary N) is 1. The van der Waals surface area contributed by atoms with E-state index in [1.165, 1.54) is 11.9 Å². The Labute approximate surface area is 88.4 Å². The van der Waals surface area contributed by atoms with Crippen LogP contribution in [0.3, 0.4) is 0 Å². The SMILES string of the molecule is CN(CC1(O)CCCC1)C(=O)C(=O)NN. The molecule has 0 saturated heterocycles. The second-order valence-electron chi connectivity index (χ2n) is 4.07. The molecule has 2 amide bonds. The second-order valence-corrected chi connectivity index (χ2v) is 4.07. The number of nitrogens with two attached hydrogens (primary N) is 1. The van der Waals surface area contributed by atoms with Gasteiger partial charge in [-0.3, -0.25) is 15.0 Å². The predicted molar refractivity (Wildman–Crippen MR) is 53.4 cm³/mol. The van der Waals surface area contributed by atoms with E-state index >= 15 is 0 Å². The molecule has 0 atom stereocenters. The zero-order chi connectivity index (χ0) is 11.5. The van der Waals surface area contributed by atoms with Crippen molar-refractivity contribution in [3.05, 3.63) is 0 Å². The number of carbonyl (C=O) groups excluding carboxylic acids is 2. The van der Waals surface area contributed by atoms with Crippen LogP contribution in [0.15, 0.2) is 0 Å². The molecule has 0 aromatic carbocycles. The first-order chi connectivity index (χ1) is 6.98. The summed E-state index contributed by atoms with van der Waals surface area (Å²) >= 11 is 0. The molecule has 4 N–H and O–H groups in total. The van der Waals surface area contributed by atoms with E-state index in [0.717, 1.165) is 12.8 Å². The van der Waals surface area contributed by atoms with E-state index in [-0.39, 0.29) is 6.54 Å². The lowest BCUT2D eigenvalue weighted by Gasteiger charge is -2.27. The van der Waals surface area contributed by atoms with E-state index in [4.69, 9.17) is 5.84 Å². The van der Waals surface area contributed by atoms with Gasteiger partial charge < -0.3 is 10.0 Å². The van der Waals surface area contributed by atoms with Gasteiger partial charge in [-0.1, -0.05) is 12.8 Å².